The fraction of sp³-hybridized carbons (Fsp3) is 0.909. The second-order valence-electron chi connectivity index (χ2n) is 3.77. The highest BCUT2D eigenvalue weighted by molar-refractivity contribution is 5.76. The predicted octanol–water partition coefficient (Wildman–Crippen LogP) is -0.240. The predicted molar refractivity (Wildman–Crippen MR) is 63.7 cm³/mol. The van der Waals surface area contributed by atoms with E-state index in [0.717, 1.165) is 32.8 Å². The van der Waals surface area contributed by atoms with Crippen molar-refractivity contribution in [2.75, 3.05) is 60.2 Å². The molecule has 0 rings (SSSR count). The number of nitrogens with zero attached hydrogens (tertiary/aromatic N) is 1. The minimum absolute atomic E-state index is 0.0676. The lowest BCUT2D eigenvalue weighted by Gasteiger charge is -2.16. The van der Waals surface area contributed by atoms with Gasteiger partial charge in [0.1, 0.15) is 6.61 Å². The lowest BCUT2D eigenvalue weighted by molar-refractivity contribution is -0.121. The second kappa shape index (κ2) is 11.0. The number of likely N-dealkylation sites (N-methyl/N-ethyl adjacent to an activating group) is 2. The third-order valence-electron chi connectivity index (χ3n) is 2.04. The van der Waals surface area contributed by atoms with Crippen molar-refractivity contribution in [3.8, 4) is 0 Å². The van der Waals surface area contributed by atoms with Gasteiger partial charge in [-0.3, -0.25) is 4.79 Å². The van der Waals surface area contributed by atoms with E-state index < -0.39 is 0 Å². The maximum atomic E-state index is 10.6. The first-order valence-corrected chi connectivity index (χ1v) is 5.65. The van der Waals surface area contributed by atoms with Crippen LogP contribution < -0.4 is 5.32 Å². The Morgan fingerprint density at radius 3 is 2.38 bits per heavy atom. The molecule has 1 N–H and O–H groups in total. The number of rotatable bonds is 11. The van der Waals surface area contributed by atoms with Crippen LogP contribution in [0.5, 0.6) is 0 Å². The molecule has 0 aromatic rings. The van der Waals surface area contributed by atoms with E-state index in [0.29, 0.717) is 6.61 Å². The quantitative estimate of drug-likeness (QED) is 0.498. The molecule has 5 heteroatoms. The summed E-state index contributed by atoms with van der Waals surface area (Å²) in [5.74, 6) is 0.0676. The number of carbonyl (C=O) groups is 1. The molecule has 0 bridgehead atoms. The molecule has 0 aromatic heterocycles. The van der Waals surface area contributed by atoms with Crippen molar-refractivity contribution in [2.24, 2.45) is 0 Å². The van der Waals surface area contributed by atoms with Crippen LogP contribution in [-0.4, -0.2) is 70.8 Å². The molecule has 0 aliphatic rings. The molecule has 16 heavy (non-hydrogen) atoms. The Morgan fingerprint density at radius 2 is 1.81 bits per heavy atom. The minimum Gasteiger partial charge on any atom is -0.379 e. The molecule has 5 nitrogen and oxygen atoms in total. The zero-order valence-corrected chi connectivity index (χ0v) is 10.6. The summed E-state index contributed by atoms with van der Waals surface area (Å²) in [6.07, 6.45) is 0. The number of nitrogens with one attached hydrogen (secondary N) is 1. The first-order valence-electron chi connectivity index (χ1n) is 5.65. The molecular formula is C11H24N2O3. The van der Waals surface area contributed by atoms with Crippen molar-refractivity contribution in [3.63, 3.8) is 0 Å². The summed E-state index contributed by atoms with van der Waals surface area (Å²) in [6.45, 7) is 6.38. The van der Waals surface area contributed by atoms with E-state index in [1.165, 1.54) is 6.92 Å². The van der Waals surface area contributed by atoms with Crippen LogP contribution in [0, 0.1) is 0 Å². The Labute approximate surface area is 98.1 Å². The van der Waals surface area contributed by atoms with Gasteiger partial charge in [-0.2, -0.15) is 0 Å². The number of hydrogen-bond acceptors (Lipinski definition) is 5. The molecule has 0 saturated heterocycles. The van der Waals surface area contributed by atoms with Crippen LogP contribution in [0.15, 0.2) is 0 Å². The number of carbonyl (C=O) groups excluding carboxylic acids is 1. The van der Waals surface area contributed by atoms with E-state index in [2.05, 4.69) is 10.2 Å². The van der Waals surface area contributed by atoms with Gasteiger partial charge < -0.3 is 19.7 Å². The van der Waals surface area contributed by atoms with Crippen LogP contribution in [0.4, 0.5) is 0 Å². The normalized spacial score (nSPS) is 11.0. The zero-order chi connectivity index (χ0) is 12.2. The smallest absolute Gasteiger partial charge is 0.155 e. The van der Waals surface area contributed by atoms with Crippen molar-refractivity contribution >= 4 is 5.78 Å². The van der Waals surface area contributed by atoms with Crippen molar-refractivity contribution in [2.45, 2.75) is 6.92 Å². The van der Waals surface area contributed by atoms with Gasteiger partial charge >= 0.3 is 0 Å². The van der Waals surface area contributed by atoms with E-state index in [4.69, 9.17) is 9.47 Å². The van der Waals surface area contributed by atoms with Crippen LogP contribution in [0.3, 0.4) is 0 Å². The molecule has 0 spiro atoms. The molecular weight excluding hydrogens is 208 g/mol. The van der Waals surface area contributed by atoms with Crippen LogP contribution in [0.25, 0.3) is 0 Å². The highest BCUT2D eigenvalue weighted by Gasteiger charge is 1.99. The maximum absolute atomic E-state index is 10.6. The number of ether oxygens (including phenoxy) is 2. The van der Waals surface area contributed by atoms with Crippen molar-refractivity contribution in [3.05, 3.63) is 0 Å². The molecule has 0 saturated carbocycles. The first-order chi connectivity index (χ1) is 7.66. The van der Waals surface area contributed by atoms with Gasteiger partial charge in [-0.1, -0.05) is 0 Å². The monoisotopic (exact) mass is 232 g/mol. The summed E-state index contributed by atoms with van der Waals surface area (Å²) >= 11 is 0. The summed E-state index contributed by atoms with van der Waals surface area (Å²) < 4.78 is 10.6. The average molecular weight is 232 g/mol. The Balaban J connectivity index is 3.18. The lowest BCUT2D eigenvalue weighted by atomic mass is 10.5. The zero-order valence-electron chi connectivity index (χ0n) is 10.6. The third kappa shape index (κ3) is 11.6. The van der Waals surface area contributed by atoms with Gasteiger partial charge in [0.25, 0.3) is 0 Å². The second-order valence-corrected chi connectivity index (χ2v) is 3.77. The third-order valence-corrected chi connectivity index (χ3v) is 2.04. The van der Waals surface area contributed by atoms with Gasteiger partial charge in [-0.25, -0.2) is 0 Å². The molecule has 0 unspecified atom stereocenters. The lowest BCUT2D eigenvalue weighted by Crippen LogP contribution is -2.28. The van der Waals surface area contributed by atoms with Crippen LogP contribution in [0.1, 0.15) is 6.92 Å². The van der Waals surface area contributed by atoms with E-state index in [9.17, 15) is 4.79 Å². The topological polar surface area (TPSA) is 50.8 Å². The van der Waals surface area contributed by atoms with Crippen LogP contribution in [0.2, 0.25) is 0 Å². The highest BCUT2D eigenvalue weighted by Crippen LogP contribution is 1.85. The molecule has 0 aliphatic carbocycles. The summed E-state index contributed by atoms with van der Waals surface area (Å²) in [5.41, 5.74) is 0. The number of Topliss-reactive ketones (excluding diaryl/α,β-unsaturated/α-hetero) is 1. The van der Waals surface area contributed by atoms with Gasteiger partial charge in [0.2, 0.25) is 0 Å². The summed E-state index contributed by atoms with van der Waals surface area (Å²) in [5, 5.41) is 3.02. The molecule has 96 valence electrons. The molecule has 0 amide bonds. The molecule has 0 fully saturated rings. The standard InChI is InChI=1S/C11H24N2O3/c1-11(14)10-16-9-6-13(3)5-8-15-7-4-12-2/h12H,4-10H2,1-3H3. The SMILES string of the molecule is CNCCOCCN(C)CCOCC(C)=O. The van der Waals surface area contributed by atoms with Gasteiger partial charge in [-0.15, -0.1) is 0 Å². The van der Waals surface area contributed by atoms with Gasteiger partial charge in [-0.05, 0) is 21.0 Å². The van der Waals surface area contributed by atoms with Crippen molar-refractivity contribution < 1.29 is 14.3 Å². The number of hydrogen-bond donors (Lipinski definition) is 1. The minimum atomic E-state index is 0.0676. The largest absolute Gasteiger partial charge is 0.379 e. The van der Waals surface area contributed by atoms with Gasteiger partial charge in [0.05, 0.1) is 19.8 Å². The Morgan fingerprint density at radius 1 is 1.19 bits per heavy atom. The molecule has 0 heterocycles. The maximum Gasteiger partial charge on any atom is 0.155 e. The Hall–Kier alpha value is -0.490. The van der Waals surface area contributed by atoms with E-state index >= 15 is 0 Å². The van der Waals surface area contributed by atoms with E-state index in [1.54, 1.807) is 0 Å². The highest BCUT2D eigenvalue weighted by atomic mass is 16.5. The van der Waals surface area contributed by atoms with Gasteiger partial charge in [0.15, 0.2) is 5.78 Å². The summed E-state index contributed by atoms with van der Waals surface area (Å²) in [4.78, 5) is 12.7. The Kier molecular flexibility index (Phi) is 10.7. The van der Waals surface area contributed by atoms with Crippen LogP contribution >= 0.6 is 0 Å². The van der Waals surface area contributed by atoms with Gasteiger partial charge in [0, 0.05) is 19.6 Å². The average Bonchev–Trinajstić information content (AvgIpc) is 2.24. The molecule has 0 aliphatic heterocycles. The first kappa shape index (κ1) is 15.5. The molecule has 0 aromatic carbocycles. The van der Waals surface area contributed by atoms with Crippen LogP contribution in [-0.2, 0) is 14.3 Å². The number of ketones is 1. The summed E-state index contributed by atoms with van der Waals surface area (Å²) in [6, 6.07) is 0. The van der Waals surface area contributed by atoms with Crippen molar-refractivity contribution in [1.29, 1.82) is 0 Å². The summed E-state index contributed by atoms with van der Waals surface area (Å²) in [7, 11) is 3.92. The van der Waals surface area contributed by atoms with Crippen molar-refractivity contribution in [1.82, 2.24) is 10.2 Å². The molecule has 0 atom stereocenters. The molecule has 0 radical (unpaired) electrons. The Bertz CT molecular complexity index is 177. The fourth-order valence-corrected chi connectivity index (χ4v) is 1.04. The van der Waals surface area contributed by atoms with E-state index in [1.807, 2.05) is 14.1 Å². The fourth-order valence-electron chi connectivity index (χ4n) is 1.04. The van der Waals surface area contributed by atoms with E-state index in [-0.39, 0.29) is 12.4 Å².